The molecule has 1 aromatic rings. The van der Waals surface area contributed by atoms with Crippen molar-refractivity contribution in [3.63, 3.8) is 0 Å². The molecule has 0 saturated heterocycles. The minimum Gasteiger partial charge on any atom is -0.383 e. The summed E-state index contributed by atoms with van der Waals surface area (Å²) in [6.45, 7) is 5.44. The molecular weight excluding hydrogens is 268 g/mol. The van der Waals surface area contributed by atoms with Crippen LogP contribution in [0.4, 0.5) is 0 Å². The molecule has 21 heavy (non-hydrogen) atoms. The number of hydrogen-bond donors (Lipinski definition) is 1. The Balaban J connectivity index is 2.34. The minimum absolute atomic E-state index is 0.0430. The second kappa shape index (κ2) is 9.13. The Morgan fingerprint density at radius 2 is 2.05 bits per heavy atom. The zero-order valence-electron chi connectivity index (χ0n) is 13.0. The van der Waals surface area contributed by atoms with Crippen LogP contribution in [0, 0.1) is 6.92 Å². The van der Waals surface area contributed by atoms with Gasteiger partial charge in [0.15, 0.2) is 0 Å². The second-order valence-corrected chi connectivity index (χ2v) is 5.01. The standard InChI is InChI=1S/C16H24N2O3/c1-13-5-4-6-15(11-13)12-17-16(20)7-8-18(14(2)19)9-10-21-3/h4-6,11H,7-10,12H2,1-3H3,(H,17,20). The van der Waals surface area contributed by atoms with Gasteiger partial charge in [-0.2, -0.15) is 0 Å². The first-order chi connectivity index (χ1) is 10.0. The minimum atomic E-state index is -0.0554. The maximum atomic E-state index is 11.8. The van der Waals surface area contributed by atoms with Crippen LogP contribution in [0.1, 0.15) is 24.5 Å². The zero-order valence-corrected chi connectivity index (χ0v) is 13.0. The SMILES string of the molecule is COCCN(CCC(=O)NCc1cccc(C)c1)C(C)=O. The highest BCUT2D eigenvalue weighted by Crippen LogP contribution is 2.03. The molecule has 1 aromatic carbocycles. The number of nitrogens with zero attached hydrogens (tertiary/aromatic N) is 1. The van der Waals surface area contributed by atoms with Crippen molar-refractivity contribution >= 4 is 11.8 Å². The molecule has 0 bridgehead atoms. The summed E-state index contributed by atoms with van der Waals surface area (Å²) in [7, 11) is 1.59. The van der Waals surface area contributed by atoms with Crippen molar-refractivity contribution in [2.45, 2.75) is 26.8 Å². The lowest BCUT2D eigenvalue weighted by Crippen LogP contribution is -2.35. The lowest BCUT2D eigenvalue weighted by molar-refractivity contribution is -0.130. The zero-order chi connectivity index (χ0) is 15.7. The molecule has 116 valence electrons. The smallest absolute Gasteiger partial charge is 0.222 e. The summed E-state index contributed by atoms with van der Waals surface area (Å²) in [5.41, 5.74) is 2.25. The Kier molecular flexibility index (Phi) is 7.46. The topological polar surface area (TPSA) is 58.6 Å². The molecule has 0 atom stereocenters. The van der Waals surface area contributed by atoms with Gasteiger partial charge in [-0.3, -0.25) is 9.59 Å². The molecule has 0 heterocycles. The lowest BCUT2D eigenvalue weighted by atomic mass is 10.1. The van der Waals surface area contributed by atoms with E-state index in [0.29, 0.717) is 32.7 Å². The largest absolute Gasteiger partial charge is 0.383 e. The van der Waals surface area contributed by atoms with Crippen LogP contribution in [-0.4, -0.2) is 43.5 Å². The molecule has 0 aromatic heterocycles. The molecule has 0 aliphatic carbocycles. The number of ether oxygens (including phenoxy) is 1. The van der Waals surface area contributed by atoms with Crippen LogP contribution in [0.2, 0.25) is 0 Å². The van der Waals surface area contributed by atoms with Crippen LogP contribution >= 0.6 is 0 Å². The average Bonchev–Trinajstić information content (AvgIpc) is 2.45. The highest BCUT2D eigenvalue weighted by Gasteiger charge is 2.10. The molecule has 0 fully saturated rings. The highest BCUT2D eigenvalue weighted by molar-refractivity contribution is 5.78. The summed E-state index contributed by atoms with van der Waals surface area (Å²) < 4.78 is 4.95. The van der Waals surface area contributed by atoms with E-state index in [9.17, 15) is 9.59 Å². The quantitative estimate of drug-likeness (QED) is 0.790. The van der Waals surface area contributed by atoms with Gasteiger partial charge in [0.05, 0.1) is 6.61 Å². The first-order valence-corrected chi connectivity index (χ1v) is 7.09. The van der Waals surface area contributed by atoms with Crippen LogP contribution < -0.4 is 5.32 Å². The Morgan fingerprint density at radius 3 is 2.67 bits per heavy atom. The molecule has 0 saturated carbocycles. The summed E-state index contributed by atoms with van der Waals surface area (Å²) in [5, 5.41) is 2.87. The molecule has 0 unspecified atom stereocenters. The van der Waals surface area contributed by atoms with Gasteiger partial charge < -0.3 is 15.0 Å². The number of rotatable bonds is 8. The fourth-order valence-corrected chi connectivity index (χ4v) is 1.98. The lowest BCUT2D eigenvalue weighted by Gasteiger charge is -2.20. The van der Waals surface area contributed by atoms with Crippen molar-refractivity contribution in [3.8, 4) is 0 Å². The van der Waals surface area contributed by atoms with E-state index in [1.54, 1.807) is 12.0 Å². The number of benzene rings is 1. The van der Waals surface area contributed by atoms with Gasteiger partial charge in [0.1, 0.15) is 0 Å². The van der Waals surface area contributed by atoms with Gasteiger partial charge in [-0.1, -0.05) is 29.8 Å². The molecule has 1 N–H and O–H groups in total. The first kappa shape index (κ1) is 17.2. The monoisotopic (exact) mass is 292 g/mol. The van der Waals surface area contributed by atoms with Gasteiger partial charge >= 0.3 is 0 Å². The summed E-state index contributed by atoms with van der Waals surface area (Å²) in [6, 6.07) is 8.01. The molecule has 0 aliphatic heterocycles. The molecule has 5 heteroatoms. The number of hydrogen-bond acceptors (Lipinski definition) is 3. The van der Waals surface area contributed by atoms with Gasteiger partial charge in [0.25, 0.3) is 0 Å². The van der Waals surface area contributed by atoms with Crippen molar-refractivity contribution < 1.29 is 14.3 Å². The maximum absolute atomic E-state index is 11.8. The fraction of sp³-hybridized carbons (Fsp3) is 0.500. The predicted molar refractivity (Wildman–Crippen MR) is 81.8 cm³/mol. The number of carbonyl (C=O) groups excluding carboxylic acids is 2. The van der Waals surface area contributed by atoms with Gasteiger partial charge in [0.2, 0.25) is 11.8 Å². The Hall–Kier alpha value is -1.88. The summed E-state index contributed by atoms with van der Waals surface area (Å²) in [4.78, 5) is 24.9. The Labute approximate surface area is 126 Å². The van der Waals surface area contributed by atoms with Crippen LogP contribution in [0.3, 0.4) is 0 Å². The summed E-state index contributed by atoms with van der Waals surface area (Å²) in [5.74, 6) is -0.0984. The Morgan fingerprint density at radius 1 is 1.29 bits per heavy atom. The summed E-state index contributed by atoms with van der Waals surface area (Å²) >= 11 is 0. The van der Waals surface area contributed by atoms with E-state index in [1.807, 2.05) is 31.2 Å². The van der Waals surface area contributed by atoms with Crippen LogP contribution in [-0.2, 0) is 20.9 Å². The van der Waals surface area contributed by atoms with E-state index in [1.165, 1.54) is 12.5 Å². The maximum Gasteiger partial charge on any atom is 0.222 e. The van der Waals surface area contributed by atoms with E-state index in [4.69, 9.17) is 4.74 Å². The number of carbonyl (C=O) groups is 2. The Bertz CT molecular complexity index is 474. The van der Waals surface area contributed by atoms with E-state index in [-0.39, 0.29) is 11.8 Å². The van der Waals surface area contributed by atoms with Crippen molar-refractivity contribution in [2.24, 2.45) is 0 Å². The molecule has 2 amide bonds. The number of methoxy groups -OCH3 is 1. The van der Waals surface area contributed by atoms with Crippen LogP contribution in [0.15, 0.2) is 24.3 Å². The number of nitrogens with one attached hydrogen (secondary N) is 1. The van der Waals surface area contributed by atoms with Crippen LogP contribution in [0.5, 0.6) is 0 Å². The van der Waals surface area contributed by atoms with Crippen molar-refractivity contribution in [1.82, 2.24) is 10.2 Å². The third-order valence-electron chi connectivity index (χ3n) is 3.19. The van der Waals surface area contributed by atoms with Gasteiger partial charge in [-0.05, 0) is 12.5 Å². The van der Waals surface area contributed by atoms with Crippen molar-refractivity contribution in [2.75, 3.05) is 26.8 Å². The van der Waals surface area contributed by atoms with Crippen LogP contribution in [0.25, 0.3) is 0 Å². The third kappa shape index (κ3) is 6.90. The molecule has 0 radical (unpaired) electrons. The van der Waals surface area contributed by atoms with Crippen molar-refractivity contribution in [3.05, 3.63) is 35.4 Å². The molecule has 5 nitrogen and oxygen atoms in total. The predicted octanol–water partition coefficient (Wildman–Crippen LogP) is 1.50. The van der Waals surface area contributed by atoms with Gasteiger partial charge in [0, 0.05) is 40.1 Å². The normalized spacial score (nSPS) is 10.2. The fourth-order valence-electron chi connectivity index (χ4n) is 1.98. The van der Waals surface area contributed by atoms with Gasteiger partial charge in [-0.15, -0.1) is 0 Å². The second-order valence-electron chi connectivity index (χ2n) is 5.01. The first-order valence-electron chi connectivity index (χ1n) is 7.09. The molecular formula is C16H24N2O3. The van der Waals surface area contributed by atoms with E-state index >= 15 is 0 Å². The van der Waals surface area contributed by atoms with E-state index < -0.39 is 0 Å². The summed E-state index contributed by atoms with van der Waals surface area (Å²) in [6.07, 6.45) is 0.301. The van der Waals surface area contributed by atoms with Gasteiger partial charge in [-0.25, -0.2) is 0 Å². The number of amides is 2. The van der Waals surface area contributed by atoms with E-state index in [0.717, 1.165) is 5.56 Å². The average molecular weight is 292 g/mol. The third-order valence-corrected chi connectivity index (χ3v) is 3.19. The highest BCUT2D eigenvalue weighted by atomic mass is 16.5. The molecule has 1 rings (SSSR count). The molecule has 0 spiro atoms. The van der Waals surface area contributed by atoms with E-state index in [2.05, 4.69) is 5.32 Å². The molecule has 0 aliphatic rings. The van der Waals surface area contributed by atoms with Crippen molar-refractivity contribution in [1.29, 1.82) is 0 Å². The number of aryl methyl sites for hydroxylation is 1.